The fourth-order valence-electron chi connectivity index (χ4n) is 1.74. The largest absolute Gasteiger partial charge is 0.395 e. The fourth-order valence-corrected chi connectivity index (χ4v) is 1.74. The van der Waals surface area contributed by atoms with Crippen molar-refractivity contribution in [2.75, 3.05) is 20.2 Å². The summed E-state index contributed by atoms with van der Waals surface area (Å²) in [4.78, 5) is 24.9. The van der Waals surface area contributed by atoms with Crippen LogP contribution in [0.5, 0.6) is 0 Å². The first kappa shape index (κ1) is 16.9. The summed E-state index contributed by atoms with van der Waals surface area (Å²) in [6.45, 7) is 4.39. The Balaban J connectivity index is 2.60. The number of amides is 2. The van der Waals surface area contributed by atoms with Crippen LogP contribution in [0.15, 0.2) is 35.9 Å². The number of carbonyl (C=O) groups is 2. The van der Waals surface area contributed by atoms with E-state index in [1.165, 1.54) is 4.90 Å². The molecule has 0 aromatic heterocycles. The number of nitrogens with zero attached hydrogens (tertiary/aromatic N) is 1. The fraction of sp³-hybridized carbons (Fsp3) is 0.375. The van der Waals surface area contributed by atoms with Gasteiger partial charge in [0, 0.05) is 31.8 Å². The van der Waals surface area contributed by atoms with Gasteiger partial charge in [-0.15, -0.1) is 0 Å². The molecule has 0 spiro atoms. The summed E-state index contributed by atoms with van der Waals surface area (Å²) in [6.07, 6.45) is 1.54. The molecule has 0 atom stereocenters. The highest BCUT2D eigenvalue weighted by molar-refractivity contribution is 5.94. The molecule has 21 heavy (non-hydrogen) atoms. The van der Waals surface area contributed by atoms with Gasteiger partial charge in [0.2, 0.25) is 5.91 Å². The minimum atomic E-state index is -0.135. The van der Waals surface area contributed by atoms with E-state index in [1.807, 2.05) is 26.0 Å². The molecule has 0 unspecified atom stereocenters. The molecule has 0 radical (unpaired) electrons. The zero-order chi connectivity index (χ0) is 15.8. The number of hydrogen-bond donors (Lipinski definition) is 2. The molecule has 2 amide bonds. The molecule has 5 heteroatoms. The van der Waals surface area contributed by atoms with Crippen molar-refractivity contribution < 1.29 is 14.7 Å². The van der Waals surface area contributed by atoms with Crippen LogP contribution >= 0.6 is 0 Å². The average molecular weight is 290 g/mol. The molecule has 1 rings (SSSR count). The van der Waals surface area contributed by atoms with Crippen LogP contribution in [-0.2, 0) is 11.3 Å². The highest BCUT2D eigenvalue weighted by Crippen LogP contribution is 2.07. The molecule has 2 N–H and O–H groups in total. The molecular formula is C16H22N2O3. The molecule has 0 aliphatic rings. The highest BCUT2D eigenvalue weighted by atomic mass is 16.3. The molecule has 0 fully saturated rings. The summed E-state index contributed by atoms with van der Waals surface area (Å²) in [5.74, 6) is -0.262. The van der Waals surface area contributed by atoms with Crippen LogP contribution in [0.2, 0.25) is 0 Å². The van der Waals surface area contributed by atoms with Crippen LogP contribution in [0.1, 0.15) is 29.8 Å². The number of allylic oxidation sites excluding steroid dienone is 1. The van der Waals surface area contributed by atoms with Crippen molar-refractivity contribution >= 4 is 11.8 Å². The Bertz CT molecular complexity index is 517. The highest BCUT2D eigenvalue weighted by Gasteiger charge is 2.10. The van der Waals surface area contributed by atoms with Crippen molar-refractivity contribution in [2.24, 2.45) is 0 Å². The van der Waals surface area contributed by atoms with Gasteiger partial charge in [-0.1, -0.05) is 17.7 Å². The van der Waals surface area contributed by atoms with Crippen molar-refractivity contribution in [3.05, 3.63) is 47.0 Å². The van der Waals surface area contributed by atoms with Gasteiger partial charge in [-0.25, -0.2) is 0 Å². The molecule has 0 saturated heterocycles. The van der Waals surface area contributed by atoms with Gasteiger partial charge in [0.15, 0.2) is 0 Å². The zero-order valence-electron chi connectivity index (χ0n) is 12.7. The molecule has 0 saturated carbocycles. The van der Waals surface area contributed by atoms with E-state index in [9.17, 15) is 9.59 Å². The second kappa shape index (κ2) is 8.21. The maximum atomic E-state index is 12.0. The van der Waals surface area contributed by atoms with Crippen LogP contribution in [0, 0.1) is 0 Å². The van der Waals surface area contributed by atoms with Crippen molar-refractivity contribution in [3.63, 3.8) is 0 Å². The van der Waals surface area contributed by atoms with Crippen molar-refractivity contribution in [1.82, 2.24) is 10.2 Å². The lowest BCUT2D eigenvalue weighted by Crippen LogP contribution is -2.29. The number of likely N-dealkylation sites (N-methyl/N-ethyl adjacent to an activating group) is 1. The monoisotopic (exact) mass is 290 g/mol. The average Bonchev–Trinajstić information content (AvgIpc) is 2.44. The van der Waals surface area contributed by atoms with Gasteiger partial charge in [-0.05, 0) is 31.5 Å². The van der Waals surface area contributed by atoms with E-state index in [-0.39, 0.29) is 18.4 Å². The van der Waals surface area contributed by atoms with Gasteiger partial charge in [-0.2, -0.15) is 0 Å². The lowest BCUT2D eigenvalue weighted by Gasteiger charge is -2.15. The van der Waals surface area contributed by atoms with Crippen molar-refractivity contribution in [3.8, 4) is 0 Å². The third kappa shape index (κ3) is 5.79. The first-order valence-electron chi connectivity index (χ1n) is 6.82. The SMILES string of the molecule is CC(C)=CC(=O)NCc1ccc(C(=O)N(C)CCO)cc1. The minimum absolute atomic E-state index is 0.0588. The molecule has 0 aliphatic heterocycles. The normalized spacial score (nSPS) is 9.90. The topological polar surface area (TPSA) is 69.6 Å². The van der Waals surface area contributed by atoms with Gasteiger partial charge in [0.25, 0.3) is 5.91 Å². The van der Waals surface area contributed by atoms with E-state index < -0.39 is 0 Å². The second-order valence-corrected chi connectivity index (χ2v) is 5.09. The number of aliphatic hydroxyl groups is 1. The maximum absolute atomic E-state index is 12.0. The van der Waals surface area contributed by atoms with E-state index in [0.717, 1.165) is 11.1 Å². The van der Waals surface area contributed by atoms with E-state index >= 15 is 0 Å². The summed E-state index contributed by atoms with van der Waals surface area (Å²) in [6, 6.07) is 7.06. The molecule has 1 aromatic rings. The van der Waals surface area contributed by atoms with Crippen LogP contribution in [0.4, 0.5) is 0 Å². The molecular weight excluding hydrogens is 268 g/mol. The number of rotatable bonds is 6. The number of hydrogen-bond acceptors (Lipinski definition) is 3. The second-order valence-electron chi connectivity index (χ2n) is 5.09. The van der Waals surface area contributed by atoms with E-state index in [2.05, 4.69) is 5.32 Å². The molecule has 1 aromatic carbocycles. The smallest absolute Gasteiger partial charge is 0.253 e. The molecule has 5 nitrogen and oxygen atoms in total. The van der Waals surface area contributed by atoms with Crippen LogP contribution in [0.3, 0.4) is 0 Å². The number of benzene rings is 1. The maximum Gasteiger partial charge on any atom is 0.253 e. The van der Waals surface area contributed by atoms with Crippen molar-refractivity contribution in [2.45, 2.75) is 20.4 Å². The zero-order valence-corrected chi connectivity index (χ0v) is 12.7. The third-order valence-electron chi connectivity index (χ3n) is 2.87. The molecule has 114 valence electrons. The molecule has 0 heterocycles. The minimum Gasteiger partial charge on any atom is -0.395 e. The summed E-state index contributed by atoms with van der Waals surface area (Å²) < 4.78 is 0. The van der Waals surface area contributed by atoms with Gasteiger partial charge >= 0.3 is 0 Å². The Labute approximate surface area is 125 Å². The van der Waals surface area contributed by atoms with Gasteiger partial charge < -0.3 is 15.3 Å². The number of carbonyl (C=O) groups excluding carboxylic acids is 2. The quantitative estimate of drug-likeness (QED) is 0.777. The van der Waals surface area contributed by atoms with Crippen molar-refractivity contribution in [1.29, 1.82) is 0 Å². The van der Waals surface area contributed by atoms with Gasteiger partial charge in [0.05, 0.1) is 6.61 Å². The van der Waals surface area contributed by atoms with Crippen LogP contribution in [0.25, 0.3) is 0 Å². The Morgan fingerprint density at radius 1 is 1.24 bits per heavy atom. The van der Waals surface area contributed by atoms with Gasteiger partial charge in [-0.3, -0.25) is 9.59 Å². The predicted molar refractivity (Wildman–Crippen MR) is 81.8 cm³/mol. The molecule has 0 bridgehead atoms. The Hall–Kier alpha value is -2.14. The number of aliphatic hydroxyl groups excluding tert-OH is 1. The predicted octanol–water partition coefficient (Wildman–Crippen LogP) is 1.33. The summed E-state index contributed by atoms with van der Waals surface area (Å²) in [5, 5.41) is 11.6. The Morgan fingerprint density at radius 2 is 1.86 bits per heavy atom. The standard InChI is InChI=1S/C16H22N2O3/c1-12(2)10-15(20)17-11-13-4-6-14(7-5-13)16(21)18(3)8-9-19/h4-7,10,19H,8-9,11H2,1-3H3,(H,17,20). The van der Waals surface area contributed by atoms with Gasteiger partial charge in [0.1, 0.15) is 0 Å². The van der Waals surface area contributed by atoms with Crippen LogP contribution < -0.4 is 5.32 Å². The summed E-state index contributed by atoms with van der Waals surface area (Å²) in [7, 11) is 1.64. The lowest BCUT2D eigenvalue weighted by atomic mass is 10.1. The summed E-state index contributed by atoms with van der Waals surface area (Å²) in [5.41, 5.74) is 2.43. The van der Waals surface area contributed by atoms with E-state index in [0.29, 0.717) is 18.7 Å². The Morgan fingerprint density at radius 3 is 2.38 bits per heavy atom. The summed E-state index contributed by atoms with van der Waals surface area (Å²) >= 11 is 0. The first-order chi connectivity index (χ1) is 9.93. The lowest BCUT2D eigenvalue weighted by molar-refractivity contribution is -0.116. The number of nitrogens with one attached hydrogen (secondary N) is 1. The van der Waals surface area contributed by atoms with E-state index in [4.69, 9.17) is 5.11 Å². The van der Waals surface area contributed by atoms with E-state index in [1.54, 1.807) is 25.3 Å². The third-order valence-corrected chi connectivity index (χ3v) is 2.87. The molecule has 0 aliphatic carbocycles. The first-order valence-corrected chi connectivity index (χ1v) is 6.82. The Kier molecular flexibility index (Phi) is 6.62. The van der Waals surface area contributed by atoms with Crippen LogP contribution in [-0.4, -0.2) is 42.0 Å².